The summed E-state index contributed by atoms with van der Waals surface area (Å²) in [5.74, 6) is -1.11. The summed E-state index contributed by atoms with van der Waals surface area (Å²) in [5.41, 5.74) is 0.494. The van der Waals surface area contributed by atoms with Gasteiger partial charge in [-0.25, -0.2) is 4.39 Å². The van der Waals surface area contributed by atoms with Crippen molar-refractivity contribution in [1.82, 2.24) is 5.32 Å². The molecule has 1 atom stereocenters. The Kier molecular flexibility index (Phi) is 7.97. The number of hydrogen-bond acceptors (Lipinski definition) is 6. The number of Topliss-reactive ketones (excluding diaryl/α,β-unsaturated/α-hetero) is 1. The molecule has 0 amide bonds. The van der Waals surface area contributed by atoms with E-state index in [9.17, 15) is 14.3 Å². The Labute approximate surface area is 150 Å². The highest BCUT2D eigenvalue weighted by Gasteiger charge is 2.17. The molecule has 0 saturated carbocycles. The molecule has 0 bridgehead atoms. The topological polar surface area (TPSA) is 109 Å². The van der Waals surface area contributed by atoms with Crippen LogP contribution >= 0.6 is 11.6 Å². The number of allylic oxidation sites excluding steroid dienone is 2. The number of anilines is 1. The second-order valence-corrected chi connectivity index (χ2v) is 5.48. The molecule has 1 aromatic carbocycles. The number of nitrogens with one attached hydrogen (secondary N) is 4. The number of aliphatic hydroxyl groups excluding tert-OH is 1. The molecule has 0 aliphatic rings. The highest BCUT2D eigenvalue weighted by molar-refractivity contribution is 6.67. The lowest BCUT2D eigenvalue weighted by atomic mass is 10.1. The third-order valence-corrected chi connectivity index (χ3v) is 3.24. The average Bonchev–Trinajstić information content (AvgIpc) is 2.55. The maximum atomic E-state index is 13.4. The summed E-state index contributed by atoms with van der Waals surface area (Å²) >= 11 is 5.58. The zero-order valence-electron chi connectivity index (χ0n) is 13.9. The van der Waals surface area contributed by atoms with Crippen LogP contribution in [0.4, 0.5) is 10.1 Å². The van der Waals surface area contributed by atoms with Gasteiger partial charge in [-0.3, -0.25) is 10.2 Å². The van der Waals surface area contributed by atoms with Gasteiger partial charge in [0.25, 0.3) is 0 Å². The van der Waals surface area contributed by atoms with Crippen molar-refractivity contribution < 1.29 is 14.3 Å². The molecule has 1 aromatic rings. The second-order valence-electron chi connectivity index (χ2n) is 5.07. The number of aliphatic hydroxyl groups is 1. The highest BCUT2D eigenvalue weighted by Crippen LogP contribution is 2.25. The number of rotatable bonds is 9. The predicted octanol–water partition coefficient (Wildman–Crippen LogP) is 3.10. The van der Waals surface area contributed by atoms with E-state index in [1.807, 2.05) is 6.92 Å². The molecule has 1 unspecified atom stereocenters. The third kappa shape index (κ3) is 6.13. The van der Waals surface area contributed by atoms with E-state index in [4.69, 9.17) is 22.4 Å². The van der Waals surface area contributed by atoms with Crippen molar-refractivity contribution in [1.29, 1.82) is 10.8 Å². The number of ketones is 1. The van der Waals surface area contributed by atoms with Crippen molar-refractivity contribution in [3.8, 4) is 0 Å². The first-order valence-electron chi connectivity index (χ1n) is 7.49. The van der Waals surface area contributed by atoms with Crippen LogP contribution in [-0.4, -0.2) is 28.8 Å². The van der Waals surface area contributed by atoms with E-state index in [-0.39, 0.29) is 16.8 Å². The van der Waals surface area contributed by atoms with Crippen molar-refractivity contribution in [3.63, 3.8) is 0 Å². The van der Waals surface area contributed by atoms with E-state index in [2.05, 4.69) is 10.6 Å². The van der Waals surface area contributed by atoms with Gasteiger partial charge in [-0.05, 0) is 32.0 Å². The summed E-state index contributed by atoms with van der Waals surface area (Å²) in [7, 11) is 0. The van der Waals surface area contributed by atoms with Crippen molar-refractivity contribution in [3.05, 3.63) is 53.1 Å². The van der Waals surface area contributed by atoms with Gasteiger partial charge in [0.1, 0.15) is 11.0 Å². The van der Waals surface area contributed by atoms with Crippen LogP contribution in [0.15, 0.2) is 41.7 Å². The lowest BCUT2D eigenvalue weighted by molar-refractivity contribution is -0.111. The smallest absolute Gasteiger partial charge is 0.212 e. The molecule has 134 valence electrons. The second kappa shape index (κ2) is 9.71. The summed E-state index contributed by atoms with van der Waals surface area (Å²) in [6, 6.07) is 3.69. The minimum Gasteiger partial charge on any atom is -0.391 e. The Morgan fingerprint density at radius 1 is 1.48 bits per heavy atom. The van der Waals surface area contributed by atoms with Gasteiger partial charge in [0, 0.05) is 36.3 Å². The molecule has 0 aliphatic carbocycles. The number of hydrogen-bond donors (Lipinski definition) is 5. The molecule has 0 saturated heterocycles. The minimum absolute atomic E-state index is 0.0409. The van der Waals surface area contributed by atoms with Crippen LogP contribution in [-0.2, 0) is 4.79 Å². The molecule has 0 fully saturated rings. The number of benzene rings is 1. The zero-order chi connectivity index (χ0) is 19.0. The molecular weight excluding hydrogens is 347 g/mol. The van der Waals surface area contributed by atoms with Gasteiger partial charge in [0.05, 0.1) is 17.4 Å². The molecule has 0 heterocycles. The summed E-state index contributed by atoms with van der Waals surface area (Å²) in [4.78, 5) is 12.6. The Hall–Kier alpha value is -2.51. The maximum absolute atomic E-state index is 13.4. The fraction of sp³-hybridized carbons (Fsp3) is 0.235. The first kappa shape index (κ1) is 20.5. The fourth-order valence-corrected chi connectivity index (χ4v) is 2.07. The van der Waals surface area contributed by atoms with Gasteiger partial charge >= 0.3 is 0 Å². The highest BCUT2D eigenvalue weighted by atomic mass is 35.5. The van der Waals surface area contributed by atoms with Crippen molar-refractivity contribution in [2.75, 3.05) is 11.9 Å². The predicted molar refractivity (Wildman–Crippen MR) is 97.9 cm³/mol. The third-order valence-electron chi connectivity index (χ3n) is 3.13. The molecular formula is C17H20ClFN4O2. The lowest BCUT2D eigenvalue weighted by Gasteiger charge is -2.16. The molecule has 0 aromatic heterocycles. The zero-order valence-corrected chi connectivity index (χ0v) is 14.6. The molecule has 0 radical (unpaired) electrons. The summed E-state index contributed by atoms with van der Waals surface area (Å²) < 4.78 is 13.4. The van der Waals surface area contributed by atoms with Gasteiger partial charge in [-0.1, -0.05) is 11.6 Å². The number of carbonyl (C=O) groups excluding carboxylic acids is 1. The molecule has 25 heavy (non-hydrogen) atoms. The molecule has 5 N–H and O–H groups in total. The van der Waals surface area contributed by atoms with Gasteiger partial charge in [0.15, 0.2) is 0 Å². The lowest BCUT2D eigenvalue weighted by Crippen LogP contribution is -2.19. The van der Waals surface area contributed by atoms with Crippen LogP contribution < -0.4 is 10.6 Å². The Morgan fingerprint density at radius 2 is 2.16 bits per heavy atom. The molecule has 8 heteroatoms. The van der Waals surface area contributed by atoms with Gasteiger partial charge in [-0.2, -0.15) is 0 Å². The van der Waals surface area contributed by atoms with Gasteiger partial charge in [-0.15, -0.1) is 0 Å². The van der Waals surface area contributed by atoms with E-state index in [1.165, 1.54) is 25.3 Å². The van der Waals surface area contributed by atoms with Crippen molar-refractivity contribution >= 4 is 34.5 Å². The largest absolute Gasteiger partial charge is 0.391 e. The Balaban J connectivity index is 3.29. The normalized spacial score (nSPS) is 13.2. The number of carbonyl (C=O) groups is 1. The van der Waals surface area contributed by atoms with Crippen molar-refractivity contribution in [2.24, 2.45) is 0 Å². The van der Waals surface area contributed by atoms with Gasteiger partial charge < -0.3 is 21.1 Å². The van der Waals surface area contributed by atoms with E-state index >= 15 is 0 Å². The summed E-state index contributed by atoms with van der Waals surface area (Å²) in [6.45, 7) is 3.86. The minimum atomic E-state index is -0.982. The SMILES string of the molecule is CCN/C=C(\C=N)C(=O)/C(=C/C(=N)Cl)Nc1ccc(F)cc1C(C)O. The molecule has 6 nitrogen and oxygen atoms in total. The first-order valence-corrected chi connectivity index (χ1v) is 7.87. The number of halogens is 2. The van der Waals surface area contributed by atoms with E-state index in [0.29, 0.717) is 12.2 Å². The first-order chi connectivity index (χ1) is 11.8. The Bertz CT molecular complexity index is 729. The van der Waals surface area contributed by atoms with Crippen LogP contribution in [0.25, 0.3) is 0 Å². The fourth-order valence-electron chi connectivity index (χ4n) is 1.96. The molecule has 0 aliphatic heterocycles. The summed E-state index contributed by atoms with van der Waals surface area (Å²) in [5, 5.41) is 29.8. The summed E-state index contributed by atoms with van der Waals surface area (Å²) in [6.07, 6.45) is 2.36. The quantitative estimate of drug-likeness (QED) is 0.341. The van der Waals surface area contributed by atoms with E-state index in [1.54, 1.807) is 0 Å². The average molecular weight is 367 g/mol. The van der Waals surface area contributed by atoms with Crippen molar-refractivity contribution in [2.45, 2.75) is 20.0 Å². The van der Waals surface area contributed by atoms with E-state index < -0.39 is 22.9 Å². The van der Waals surface area contributed by atoms with Crippen LogP contribution in [0, 0.1) is 16.6 Å². The Morgan fingerprint density at radius 3 is 2.68 bits per heavy atom. The monoisotopic (exact) mass is 366 g/mol. The van der Waals surface area contributed by atoms with Crippen LogP contribution in [0.5, 0.6) is 0 Å². The maximum Gasteiger partial charge on any atom is 0.212 e. The van der Waals surface area contributed by atoms with Crippen LogP contribution in [0.3, 0.4) is 0 Å². The van der Waals surface area contributed by atoms with Crippen LogP contribution in [0.2, 0.25) is 0 Å². The molecule has 0 spiro atoms. The molecule has 1 rings (SSSR count). The van der Waals surface area contributed by atoms with E-state index in [0.717, 1.165) is 18.4 Å². The van der Waals surface area contributed by atoms with Crippen LogP contribution in [0.1, 0.15) is 25.5 Å². The standard InChI is InChI=1S/C17H20ClFN4O2/c1-3-22-9-11(8-20)17(25)15(7-16(18)21)23-14-5-4-12(19)6-13(14)10(2)24/h4-10,20-24H,3H2,1-2H3/b11-9+,15-7-,20-8?,21-16?. The van der Waals surface area contributed by atoms with Gasteiger partial charge in [0.2, 0.25) is 5.78 Å².